The van der Waals surface area contributed by atoms with Gasteiger partial charge in [-0.05, 0) is 106 Å². The van der Waals surface area contributed by atoms with E-state index in [1.807, 2.05) is 5.57 Å². The Bertz CT molecular complexity index is 908. The first-order valence-corrected chi connectivity index (χ1v) is 13.4. The van der Waals surface area contributed by atoms with Gasteiger partial charge in [-0.3, -0.25) is 0 Å². The van der Waals surface area contributed by atoms with Gasteiger partial charge < -0.3 is 0 Å². The zero-order valence-electron chi connectivity index (χ0n) is 20.2. The summed E-state index contributed by atoms with van der Waals surface area (Å²) in [6, 6.07) is 4.55. The maximum atomic E-state index is 5.03. The highest BCUT2D eigenvalue weighted by Crippen LogP contribution is 2.64. The molecule has 0 amide bonds. The fraction of sp³-hybridized carbons (Fsp3) is 0.679. The predicted molar refractivity (Wildman–Crippen MR) is 133 cm³/mol. The average Bonchev–Trinajstić information content (AvgIpc) is 3.06. The number of hydrogen-bond donors (Lipinski definition) is 1. The number of hydrazone groups is 1. The van der Waals surface area contributed by atoms with Crippen molar-refractivity contribution in [3.8, 4) is 0 Å². The molecule has 0 bridgehead atoms. The number of rotatable bonds is 3. The van der Waals surface area contributed by atoms with E-state index in [1.54, 1.807) is 11.9 Å². The molecule has 1 aromatic rings. The standard InChI is InChI=1S/C28H40N2S/c1-18-16-19(2)26(20(3)17-18)31-30-29-25-12-11-23-22-10-9-21-8-6-7-14-27(21,4)24(22)13-15-28(23,25)5/h9,16-17,22-24,30H,6-8,10-15H2,1-5H3/b29-25+. The van der Waals surface area contributed by atoms with Crippen LogP contribution in [0.3, 0.4) is 0 Å². The Kier molecular flexibility index (Phi) is 5.56. The summed E-state index contributed by atoms with van der Waals surface area (Å²) < 4.78 is 0. The van der Waals surface area contributed by atoms with E-state index in [0.29, 0.717) is 10.8 Å². The molecule has 1 aromatic carbocycles. The highest BCUT2D eigenvalue weighted by molar-refractivity contribution is 7.97. The SMILES string of the molecule is Cc1cc(C)c(SN/N=C2\CCC3C4CC=C5CCCCC5(C)C4CCC23C)c(C)c1. The molecule has 3 heteroatoms. The van der Waals surface area contributed by atoms with Crippen molar-refractivity contribution in [1.82, 2.24) is 4.83 Å². The van der Waals surface area contributed by atoms with E-state index in [9.17, 15) is 0 Å². The largest absolute Gasteiger partial charge is 0.247 e. The summed E-state index contributed by atoms with van der Waals surface area (Å²) in [6.07, 6.45) is 14.9. The molecule has 4 aliphatic carbocycles. The van der Waals surface area contributed by atoms with Crippen LogP contribution in [0.15, 0.2) is 33.8 Å². The molecule has 0 aromatic heterocycles. The lowest BCUT2D eigenvalue weighted by atomic mass is 9.48. The first-order valence-electron chi connectivity index (χ1n) is 12.6. The van der Waals surface area contributed by atoms with E-state index in [4.69, 9.17) is 5.10 Å². The molecule has 2 nitrogen and oxygen atoms in total. The Morgan fingerprint density at radius 3 is 2.45 bits per heavy atom. The lowest BCUT2D eigenvalue weighted by Crippen LogP contribution is -2.49. The zero-order chi connectivity index (χ0) is 21.8. The second kappa shape index (κ2) is 7.97. The third-order valence-corrected chi connectivity index (χ3v) is 10.7. The summed E-state index contributed by atoms with van der Waals surface area (Å²) in [5.41, 5.74) is 8.07. The predicted octanol–water partition coefficient (Wildman–Crippen LogP) is 7.92. The molecule has 0 radical (unpaired) electrons. The van der Waals surface area contributed by atoms with Gasteiger partial charge in [0.05, 0.1) is 0 Å². The Balaban J connectivity index is 1.33. The molecular weight excluding hydrogens is 396 g/mol. The summed E-state index contributed by atoms with van der Waals surface area (Å²) >= 11 is 1.70. The van der Waals surface area contributed by atoms with E-state index >= 15 is 0 Å². The van der Waals surface area contributed by atoms with Crippen LogP contribution in [0.1, 0.15) is 88.3 Å². The van der Waals surface area contributed by atoms with Crippen molar-refractivity contribution in [2.45, 2.75) is 97.3 Å². The Morgan fingerprint density at radius 2 is 1.68 bits per heavy atom. The van der Waals surface area contributed by atoms with Crippen LogP contribution in [0.25, 0.3) is 0 Å². The summed E-state index contributed by atoms with van der Waals surface area (Å²) in [5.74, 6) is 2.59. The van der Waals surface area contributed by atoms with E-state index < -0.39 is 0 Å². The molecule has 168 valence electrons. The third kappa shape index (κ3) is 3.50. The van der Waals surface area contributed by atoms with Crippen LogP contribution in [0, 0.1) is 49.4 Å². The van der Waals surface area contributed by atoms with Crippen LogP contribution in [-0.4, -0.2) is 5.71 Å². The van der Waals surface area contributed by atoms with Gasteiger partial charge in [-0.2, -0.15) is 5.10 Å². The van der Waals surface area contributed by atoms with Gasteiger partial charge in [0, 0.05) is 28.0 Å². The van der Waals surface area contributed by atoms with E-state index in [-0.39, 0.29) is 0 Å². The maximum absolute atomic E-state index is 5.03. The molecule has 0 heterocycles. The number of fused-ring (bicyclic) bond motifs is 5. The second-order valence-electron chi connectivity index (χ2n) is 11.4. The second-order valence-corrected chi connectivity index (χ2v) is 12.2. The molecule has 0 aliphatic heterocycles. The highest BCUT2D eigenvalue weighted by atomic mass is 32.2. The van der Waals surface area contributed by atoms with Crippen molar-refractivity contribution in [1.29, 1.82) is 0 Å². The molecular formula is C28H40N2S. The van der Waals surface area contributed by atoms with Crippen LogP contribution in [-0.2, 0) is 0 Å². The van der Waals surface area contributed by atoms with Gasteiger partial charge in [0.15, 0.2) is 0 Å². The number of hydrogen-bond acceptors (Lipinski definition) is 3. The molecule has 5 rings (SSSR count). The molecule has 3 saturated carbocycles. The van der Waals surface area contributed by atoms with Crippen LogP contribution in [0.4, 0.5) is 0 Å². The summed E-state index contributed by atoms with van der Waals surface area (Å²) in [6.45, 7) is 11.8. The van der Waals surface area contributed by atoms with Gasteiger partial charge in [0.1, 0.15) is 0 Å². The molecule has 1 N–H and O–H groups in total. The van der Waals surface area contributed by atoms with Gasteiger partial charge in [0.25, 0.3) is 0 Å². The topological polar surface area (TPSA) is 24.4 Å². The minimum atomic E-state index is 0.294. The molecule has 3 fully saturated rings. The zero-order valence-corrected chi connectivity index (χ0v) is 21.0. The Labute approximate surface area is 193 Å². The van der Waals surface area contributed by atoms with Crippen molar-refractivity contribution in [2.24, 2.45) is 33.7 Å². The monoisotopic (exact) mass is 436 g/mol. The number of nitrogens with one attached hydrogen (secondary N) is 1. The summed E-state index contributed by atoms with van der Waals surface area (Å²) in [7, 11) is 0. The van der Waals surface area contributed by atoms with Gasteiger partial charge in [-0.1, -0.05) is 49.6 Å². The first-order chi connectivity index (χ1) is 14.8. The van der Waals surface area contributed by atoms with Crippen LogP contribution >= 0.6 is 11.9 Å². The van der Waals surface area contributed by atoms with E-state index in [2.05, 4.69) is 57.7 Å². The minimum Gasteiger partial charge on any atom is -0.247 e. The van der Waals surface area contributed by atoms with Crippen LogP contribution in [0.2, 0.25) is 0 Å². The van der Waals surface area contributed by atoms with Gasteiger partial charge >= 0.3 is 0 Å². The number of nitrogens with zero attached hydrogens (tertiary/aromatic N) is 1. The lowest BCUT2D eigenvalue weighted by Gasteiger charge is -2.56. The molecule has 31 heavy (non-hydrogen) atoms. The molecule has 0 spiro atoms. The normalized spacial score (nSPS) is 38.3. The van der Waals surface area contributed by atoms with Crippen molar-refractivity contribution in [3.05, 3.63) is 40.5 Å². The summed E-state index contributed by atoms with van der Waals surface area (Å²) in [4.78, 5) is 4.75. The Morgan fingerprint density at radius 1 is 0.935 bits per heavy atom. The van der Waals surface area contributed by atoms with E-state index in [0.717, 1.165) is 17.8 Å². The molecule has 0 saturated heterocycles. The minimum absolute atomic E-state index is 0.294. The third-order valence-electron chi connectivity index (χ3n) is 9.69. The van der Waals surface area contributed by atoms with Gasteiger partial charge in [0.2, 0.25) is 0 Å². The number of aryl methyl sites for hydroxylation is 3. The van der Waals surface area contributed by atoms with Crippen molar-refractivity contribution in [2.75, 3.05) is 0 Å². The quantitative estimate of drug-likeness (QED) is 0.296. The fourth-order valence-corrected chi connectivity index (χ4v) is 8.81. The van der Waals surface area contributed by atoms with Crippen molar-refractivity contribution >= 4 is 17.7 Å². The maximum Gasteiger partial charge on any atom is 0.0450 e. The molecule has 5 unspecified atom stereocenters. The molecule has 5 atom stereocenters. The van der Waals surface area contributed by atoms with Gasteiger partial charge in [-0.25, -0.2) is 4.83 Å². The fourth-order valence-electron chi connectivity index (χ4n) is 8.12. The van der Waals surface area contributed by atoms with Gasteiger partial charge in [-0.15, -0.1) is 0 Å². The lowest BCUT2D eigenvalue weighted by molar-refractivity contribution is -0.00622. The van der Waals surface area contributed by atoms with Crippen molar-refractivity contribution in [3.63, 3.8) is 0 Å². The van der Waals surface area contributed by atoms with Crippen LogP contribution in [0.5, 0.6) is 0 Å². The molecule has 4 aliphatic rings. The average molecular weight is 437 g/mol. The first kappa shape index (κ1) is 21.6. The highest BCUT2D eigenvalue weighted by Gasteiger charge is 2.57. The summed E-state index contributed by atoms with van der Waals surface area (Å²) in [5, 5.41) is 5.03. The Hall–Kier alpha value is -1.22. The van der Waals surface area contributed by atoms with Crippen LogP contribution < -0.4 is 4.83 Å². The van der Waals surface area contributed by atoms with Crippen molar-refractivity contribution < 1.29 is 0 Å². The number of benzene rings is 1. The van der Waals surface area contributed by atoms with E-state index in [1.165, 1.54) is 85.1 Å². The smallest absolute Gasteiger partial charge is 0.0450 e. The number of allylic oxidation sites excluding steroid dienone is 2.